The zero-order chi connectivity index (χ0) is 18.9. The summed E-state index contributed by atoms with van der Waals surface area (Å²) in [6, 6.07) is 9.08. The molecule has 2 saturated carbocycles. The molecule has 1 aromatic rings. The van der Waals surface area contributed by atoms with Crippen LogP contribution in [0, 0.1) is 17.8 Å². The second-order valence-corrected chi connectivity index (χ2v) is 9.28. The zero-order valence-corrected chi connectivity index (χ0v) is 17.9. The minimum Gasteiger partial charge on any atom is -0.494 e. The summed E-state index contributed by atoms with van der Waals surface area (Å²) in [4.78, 5) is 0. The number of hydrogen-bond acceptors (Lipinski definition) is 1. The number of benzene rings is 1. The minimum atomic E-state index is 0.782. The van der Waals surface area contributed by atoms with Gasteiger partial charge in [0.2, 0.25) is 0 Å². The molecule has 1 nitrogen and oxygen atoms in total. The Kier molecular flexibility index (Phi) is 8.55. The van der Waals surface area contributed by atoms with Crippen molar-refractivity contribution < 1.29 is 4.74 Å². The van der Waals surface area contributed by atoms with E-state index in [0.29, 0.717) is 0 Å². The van der Waals surface area contributed by atoms with Gasteiger partial charge < -0.3 is 4.74 Å². The second kappa shape index (κ2) is 11.1. The summed E-state index contributed by atoms with van der Waals surface area (Å²) in [7, 11) is 0. The van der Waals surface area contributed by atoms with Gasteiger partial charge in [0.15, 0.2) is 0 Å². The van der Waals surface area contributed by atoms with Crippen molar-refractivity contribution in [2.24, 2.45) is 17.8 Å². The third-order valence-electron chi connectivity index (χ3n) is 7.47. The Hall–Kier alpha value is -0.980. The van der Waals surface area contributed by atoms with Gasteiger partial charge in [0, 0.05) is 0 Å². The number of rotatable bonds is 9. The Morgan fingerprint density at radius 1 is 0.815 bits per heavy atom. The van der Waals surface area contributed by atoms with Crippen LogP contribution in [0.25, 0.3) is 0 Å². The Balaban J connectivity index is 1.37. The molecular weight excluding hydrogens is 328 g/mol. The maximum Gasteiger partial charge on any atom is 0.119 e. The fraction of sp³-hybridized carbons (Fsp3) is 0.769. The van der Waals surface area contributed by atoms with E-state index in [1.54, 1.807) is 0 Å². The van der Waals surface area contributed by atoms with Gasteiger partial charge in [-0.15, -0.1) is 0 Å². The first-order valence-corrected chi connectivity index (χ1v) is 12.0. The molecule has 0 radical (unpaired) electrons. The molecule has 0 heterocycles. The standard InChI is InChI=1S/C26H42O/c1-3-8-21-12-14-24(15-13-21)25-16-18-26(19-17-25)27-20-7-11-23-10-6-5-9-22(23)4-2/h16-19,21-24H,3-15,20H2,1-2H3. The van der Waals surface area contributed by atoms with Crippen molar-refractivity contribution in [1.29, 1.82) is 0 Å². The maximum absolute atomic E-state index is 6.06. The fourth-order valence-corrected chi connectivity index (χ4v) is 5.77. The molecule has 0 N–H and O–H groups in total. The predicted octanol–water partition coefficient (Wildman–Crippen LogP) is 8.14. The molecule has 2 atom stereocenters. The normalized spacial score (nSPS) is 28.8. The van der Waals surface area contributed by atoms with Crippen molar-refractivity contribution in [2.75, 3.05) is 6.61 Å². The molecule has 0 aromatic heterocycles. The van der Waals surface area contributed by atoms with Crippen molar-refractivity contribution >= 4 is 0 Å². The molecule has 0 saturated heterocycles. The third kappa shape index (κ3) is 6.26. The molecule has 0 aliphatic heterocycles. The molecule has 2 unspecified atom stereocenters. The van der Waals surface area contributed by atoms with Gasteiger partial charge in [0.1, 0.15) is 5.75 Å². The van der Waals surface area contributed by atoms with E-state index in [0.717, 1.165) is 36.0 Å². The largest absolute Gasteiger partial charge is 0.494 e. The van der Waals surface area contributed by atoms with E-state index in [1.807, 2.05) is 0 Å². The first kappa shape index (κ1) is 20.7. The SMILES string of the molecule is CCCC1CCC(c2ccc(OCCCC3CCCCC3CC)cc2)CC1. The lowest BCUT2D eigenvalue weighted by molar-refractivity contribution is 0.199. The maximum atomic E-state index is 6.06. The third-order valence-corrected chi connectivity index (χ3v) is 7.47. The average Bonchev–Trinajstić information content (AvgIpc) is 2.73. The minimum absolute atomic E-state index is 0.782. The van der Waals surface area contributed by atoms with E-state index in [4.69, 9.17) is 4.74 Å². The van der Waals surface area contributed by atoms with Gasteiger partial charge in [0.05, 0.1) is 6.61 Å². The van der Waals surface area contributed by atoms with E-state index in [9.17, 15) is 0 Å². The van der Waals surface area contributed by atoms with Gasteiger partial charge in [-0.2, -0.15) is 0 Å². The smallest absolute Gasteiger partial charge is 0.119 e. The lowest BCUT2D eigenvalue weighted by Gasteiger charge is -2.30. The van der Waals surface area contributed by atoms with Gasteiger partial charge in [-0.25, -0.2) is 0 Å². The lowest BCUT2D eigenvalue weighted by Crippen LogP contribution is -2.19. The van der Waals surface area contributed by atoms with Crippen LogP contribution in [0.15, 0.2) is 24.3 Å². The van der Waals surface area contributed by atoms with Crippen LogP contribution >= 0.6 is 0 Å². The van der Waals surface area contributed by atoms with Gasteiger partial charge in [-0.3, -0.25) is 0 Å². The van der Waals surface area contributed by atoms with Gasteiger partial charge in [-0.1, -0.05) is 70.9 Å². The Morgan fingerprint density at radius 2 is 1.52 bits per heavy atom. The summed E-state index contributed by atoms with van der Waals surface area (Å²) < 4.78 is 6.06. The van der Waals surface area contributed by atoms with E-state index in [-0.39, 0.29) is 0 Å². The molecule has 2 fully saturated rings. The summed E-state index contributed by atoms with van der Waals surface area (Å²) in [5.74, 6) is 4.77. The van der Waals surface area contributed by atoms with Crippen LogP contribution in [-0.4, -0.2) is 6.61 Å². The molecule has 2 aliphatic carbocycles. The molecule has 0 amide bonds. The fourth-order valence-electron chi connectivity index (χ4n) is 5.77. The molecular formula is C26H42O. The molecule has 1 heteroatoms. The molecule has 2 aliphatic rings. The Morgan fingerprint density at radius 3 is 2.19 bits per heavy atom. The van der Waals surface area contributed by atoms with Gasteiger partial charge >= 0.3 is 0 Å². The summed E-state index contributed by atoms with van der Waals surface area (Å²) in [5, 5.41) is 0. The zero-order valence-electron chi connectivity index (χ0n) is 17.9. The predicted molar refractivity (Wildman–Crippen MR) is 117 cm³/mol. The summed E-state index contributed by atoms with van der Waals surface area (Å²) >= 11 is 0. The molecule has 3 rings (SSSR count). The summed E-state index contributed by atoms with van der Waals surface area (Å²) in [6.07, 6.45) is 18.2. The first-order valence-electron chi connectivity index (χ1n) is 12.0. The van der Waals surface area contributed by atoms with Crippen LogP contribution in [-0.2, 0) is 0 Å². The van der Waals surface area contributed by atoms with Crippen molar-refractivity contribution in [3.8, 4) is 5.75 Å². The molecule has 27 heavy (non-hydrogen) atoms. The van der Waals surface area contributed by atoms with E-state index in [1.165, 1.54) is 89.0 Å². The highest BCUT2D eigenvalue weighted by Crippen LogP contribution is 2.38. The average molecular weight is 371 g/mol. The Labute approximate surface area is 168 Å². The van der Waals surface area contributed by atoms with E-state index < -0.39 is 0 Å². The highest BCUT2D eigenvalue weighted by molar-refractivity contribution is 5.29. The lowest BCUT2D eigenvalue weighted by atomic mass is 9.76. The van der Waals surface area contributed by atoms with Gasteiger partial charge in [0.25, 0.3) is 0 Å². The van der Waals surface area contributed by atoms with Crippen LogP contribution in [0.3, 0.4) is 0 Å². The highest BCUT2D eigenvalue weighted by atomic mass is 16.5. The highest BCUT2D eigenvalue weighted by Gasteiger charge is 2.23. The molecule has 0 spiro atoms. The molecule has 0 bridgehead atoms. The molecule has 152 valence electrons. The van der Waals surface area contributed by atoms with Gasteiger partial charge in [-0.05, 0) is 79.9 Å². The number of ether oxygens (including phenoxy) is 1. The number of hydrogen-bond donors (Lipinski definition) is 0. The van der Waals surface area contributed by atoms with Crippen molar-refractivity contribution in [1.82, 2.24) is 0 Å². The summed E-state index contributed by atoms with van der Waals surface area (Å²) in [5.41, 5.74) is 1.53. The van der Waals surface area contributed by atoms with Crippen molar-refractivity contribution in [2.45, 2.75) is 103 Å². The van der Waals surface area contributed by atoms with Crippen LogP contribution < -0.4 is 4.74 Å². The first-order chi connectivity index (χ1) is 13.3. The van der Waals surface area contributed by atoms with Crippen molar-refractivity contribution in [3.63, 3.8) is 0 Å². The van der Waals surface area contributed by atoms with Crippen LogP contribution in [0.4, 0.5) is 0 Å². The molecule has 1 aromatic carbocycles. The van der Waals surface area contributed by atoms with Crippen LogP contribution in [0.2, 0.25) is 0 Å². The second-order valence-electron chi connectivity index (χ2n) is 9.28. The van der Waals surface area contributed by atoms with E-state index >= 15 is 0 Å². The van der Waals surface area contributed by atoms with E-state index in [2.05, 4.69) is 38.1 Å². The van der Waals surface area contributed by atoms with Crippen molar-refractivity contribution in [3.05, 3.63) is 29.8 Å². The summed E-state index contributed by atoms with van der Waals surface area (Å²) in [6.45, 7) is 5.58. The Bertz CT molecular complexity index is 512. The monoisotopic (exact) mass is 370 g/mol. The van der Waals surface area contributed by atoms with Crippen LogP contribution in [0.5, 0.6) is 5.75 Å². The quantitative estimate of drug-likeness (QED) is 0.399. The topological polar surface area (TPSA) is 9.23 Å². The van der Waals surface area contributed by atoms with Crippen LogP contribution in [0.1, 0.15) is 109 Å².